The van der Waals surface area contributed by atoms with E-state index >= 15 is 0 Å². The van der Waals surface area contributed by atoms with Gasteiger partial charge in [0, 0.05) is 11.1 Å². The van der Waals surface area contributed by atoms with Crippen LogP contribution in [0, 0.1) is 17.8 Å². The minimum absolute atomic E-state index is 0.0875. The second kappa shape index (κ2) is 11.2. The van der Waals surface area contributed by atoms with Gasteiger partial charge in [-0.25, -0.2) is 0 Å². The molecule has 0 N–H and O–H groups in total. The number of unbranched alkanes of at least 4 members (excludes halogenated alkanes) is 4. The van der Waals surface area contributed by atoms with Crippen LogP contribution in [0.2, 0.25) is 0 Å². The first-order chi connectivity index (χ1) is 13.0. The summed E-state index contributed by atoms with van der Waals surface area (Å²) in [6, 6.07) is 9.81. The Bertz CT molecular complexity index is 608. The molecule has 27 heavy (non-hydrogen) atoms. The lowest BCUT2D eigenvalue weighted by Gasteiger charge is -2.38. The van der Waals surface area contributed by atoms with Crippen LogP contribution in [0.1, 0.15) is 79.1 Å². The van der Waals surface area contributed by atoms with Gasteiger partial charge in [-0.15, -0.1) is 0 Å². The lowest BCUT2D eigenvalue weighted by Crippen LogP contribution is -2.34. The van der Waals surface area contributed by atoms with Gasteiger partial charge in [0.2, 0.25) is 0 Å². The number of allylic oxidation sites excluding steroid dienone is 1. The molecule has 3 heteroatoms. The summed E-state index contributed by atoms with van der Waals surface area (Å²) in [5, 5.41) is 0.829. The maximum absolute atomic E-state index is 13.9. The zero-order valence-corrected chi connectivity index (χ0v) is 18.7. The molecule has 2 nitrogen and oxygen atoms in total. The lowest BCUT2D eigenvalue weighted by molar-refractivity contribution is 0.0512. The van der Waals surface area contributed by atoms with Crippen molar-refractivity contribution in [3.8, 4) is 0 Å². The average Bonchev–Trinajstić information content (AvgIpc) is 2.65. The van der Waals surface area contributed by atoms with Crippen molar-refractivity contribution in [3.05, 3.63) is 42.2 Å². The van der Waals surface area contributed by atoms with E-state index in [2.05, 4.69) is 33.8 Å². The molecule has 0 aromatic heterocycles. The minimum atomic E-state index is -2.98. The van der Waals surface area contributed by atoms with E-state index < -0.39 is 7.37 Å². The predicted molar refractivity (Wildman–Crippen MR) is 118 cm³/mol. The van der Waals surface area contributed by atoms with Crippen molar-refractivity contribution < 1.29 is 9.09 Å². The molecule has 1 aromatic carbocycles. The first-order valence-electron chi connectivity index (χ1n) is 11.0. The van der Waals surface area contributed by atoms with Gasteiger partial charge in [-0.1, -0.05) is 77.7 Å². The van der Waals surface area contributed by atoms with Crippen molar-refractivity contribution >= 4 is 12.7 Å². The molecular formula is C24H39O2P. The first kappa shape index (κ1) is 22.4. The van der Waals surface area contributed by atoms with E-state index in [0.29, 0.717) is 17.8 Å². The second-order valence-corrected chi connectivity index (χ2v) is 10.9. The molecule has 1 aliphatic carbocycles. The summed E-state index contributed by atoms with van der Waals surface area (Å²) < 4.78 is 20.4. The van der Waals surface area contributed by atoms with E-state index in [9.17, 15) is 4.57 Å². The van der Waals surface area contributed by atoms with Gasteiger partial charge in [-0.2, -0.15) is 0 Å². The Labute approximate surface area is 167 Å². The molecule has 1 aromatic rings. The van der Waals surface area contributed by atoms with Crippen molar-refractivity contribution in [1.29, 1.82) is 0 Å². The van der Waals surface area contributed by atoms with Gasteiger partial charge in [-0.05, 0) is 55.6 Å². The van der Waals surface area contributed by atoms with Crippen LogP contribution in [0.4, 0.5) is 0 Å². The summed E-state index contributed by atoms with van der Waals surface area (Å²) >= 11 is 0. The van der Waals surface area contributed by atoms with Crippen LogP contribution in [0.3, 0.4) is 0 Å². The fourth-order valence-electron chi connectivity index (χ4n) is 4.16. The fraction of sp³-hybridized carbons (Fsp3) is 0.667. The Morgan fingerprint density at radius 1 is 1.15 bits per heavy atom. The molecule has 0 radical (unpaired) electrons. The smallest absolute Gasteiger partial charge is 0.254 e. The molecule has 152 valence electrons. The van der Waals surface area contributed by atoms with Crippen LogP contribution in [-0.2, 0) is 9.09 Å². The highest BCUT2D eigenvalue weighted by molar-refractivity contribution is 7.70. The van der Waals surface area contributed by atoms with Crippen LogP contribution in [0.15, 0.2) is 42.2 Å². The van der Waals surface area contributed by atoms with Gasteiger partial charge in [0.1, 0.15) is 0 Å². The van der Waals surface area contributed by atoms with Crippen LogP contribution < -0.4 is 5.30 Å². The summed E-state index contributed by atoms with van der Waals surface area (Å²) in [4.78, 5) is 0. The van der Waals surface area contributed by atoms with Crippen molar-refractivity contribution in [1.82, 2.24) is 0 Å². The highest BCUT2D eigenvalue weighted by Gasteiger charge is 2.36. The maximum Gasteiger partial charge on any atom is 0.254 e. The molecule has 0 heterocycles. The molecule has 2 rings (SSSR count). The molecule has 1 saturated carbocycles. The van der Waals surface area contributed by atoms with Gasteiger partial charge >= 0.3 is 0 Å². The van der Waals surface area contributed by atoms with Gasteiger partial charge in [0.25, 0.3) is 7.37 Å². The second-order valence-electron chi connectivity index (χ2n) is 8.64. The Morgan fingerprint density at radius 3 is 2.56 bits per heavy atom. The van der Waals surface area contributed by atoms with E-state index in [1.807, 2.05) is 36.1 Å². The van der Waals surface area contributed by atoms with E-state index in [1.165, 1.54) is 32.1 Å². The Hall–Kier alpha value is -0.850. The molecule has 0 saturated heterocycles. The van der Waals surface area contributed by atoms with Crippen molar-refractivity contribution in [3.63, 3.8) is 0 Å². The van der Waals surface area contributed by atoms with Gasteiger partial charge in [0.05, 0.1) is 6.10 Å². The van der Waals surface area contributed by atoms with Gasteiger partial charge in [-0.3, -0.25) is 4.57 Å². The summed E-state index contributed by atoms with van der Waals surface area (Å²) in [6.45, 7) is 9.07. The first-order valence-corrected chi connectivity index (χ1v) is 12.7. The summed E-state index contributed by atoms with van der Waals surface area (Å²) in [5.41, 5.74) is 0. The molecule has 0 aliphatic heterocycles. The average molecular weight is 391 g/mol. The highest BCUT2D eigenvalue weighted by Crippen LogP contribution is 2.52. The maximum atomic E-state index is 13.9. The van der Waals surface area contributed by atoms with E-state index in [1.54, 1.807) is 0 Å². The number of rotatable bonds is 10. The molecule has 0 bridgehead atoms. The van der Waals surface area contributed by atoms with E-state index in [-0.39, 0.29) is 6.10 Å². The summed E-state index contributed by atoms with van der Waals surface area (Å²) in [5.74, 6) is 3.60. The predicted octanol–water partition coefficient (Wildman–Crippen LogP) is 7.55. The Kier molecular flexibility index (Phi) is 9.33. The van der Waals surface area contributed by atoms with E-state index in [0.717, 1.165) is 24.6 Å². The normalized spacial score (nSPS) is 25.7. The van der Waals surface area contributed by atoms with Crippen LogP contribution in [0.25, 0.3) is 0 Å². The van der Waals surface area contributed by atoms with Crippen molar-refractivity contribution in [2.45, 2.75) is 85.2 Å². The zero-order chi connectivity index (χ0) is 19.7. The van der Waals surface area contributed by atoms with Crippen LogP contribution >= 0.6 is 7.37 Å². The minimum Gasteiger partial charge on any atom is -0.319 e. The lowest BCUT2D eigenvalue weighted by atomic mass is 9.75. The molecule has 0 spiro atoms. The van der Waals surface area contributed by atoms with Crippen molar-refractivity contribution in [2.24, 2.45) is 17.8 Å². The Morgan fingerprint density at radius 2 is 1.89 bits per heavy atom. The standard InChI is InChI=1S/C24H39O2P/c1-5-6-7-8-9-13-18-27(25,22-14-11-10-12-15-22)26-24-19-21(4)16-17-23(24)20(2)3/h10-15,18,20-21,23-24H,5-9,16-17,19H2,1-4H3/b18-13+/t21-,23+,24-,27-/m1/s1. The number of hydrogen-bond donors (Lipinski definition) is 0. The molecule has 0 unspecified atom stereocenters. The van der Waals surface area contributed by atoms with Gasteiger partial charge in [0.15, 0.2) is 0 Å². The SMILES string of the molecule is CCCCCC/C=C/[P@@](=O)(O[C@@H]1C[C@H](C)CC[C@H]1C(C)C)c1ccccc1. The summed E-state index contributed by atoms with van der Waals surface area (Å²) in [6.07, 6.45) is 11.5. The van der Waals surface area contributed by atoms with Crippen molar-refractivity contribution in [2.75, 3.05) is 0 Å². The summed E-state index contributed by atoms with van der Waals surface area (Å²) in [7, 11) is -2.98. The van der Waals surface area contributed by atoms with E-state index in [4.69, 9.17) is 4.52 Å². The Balaban J connectivity index is 2.16. The topological polar surface area (TPSA) is 26.3 Å². The zero-order valence-electron chi connectivity index (χ0n) is 17.8. The monoisotopic (exact) mass is 390 g/mol. The largest absolute Gasteiger partial charge is 0.319 e. The van der Waals surface area contributed by atoms with Gasteiger partial charge < -0.3 is 4.52 Å². The fourth-order valence-corrected chi connectivity index (χ4v) is 6.18. The highest BCUT2D eigenvalue weighted by atomic mass is 31.2. The third-order valence-electron chi connectivity index (χ3n) is 5.90. The quantitative estimate of drug-likeness (QED) is 0.304. The molecule has 0 amide bonds. The number of benzene rings is 1. The van der Waals surface area contributed by atoms with Crippen LogP contribution in [-0.4, -0.2) is 6.10 Å². The molecule has 1 aliphatic rings. The molecule has 1 fully saturated rings. The van der Waals surface area contributed by atoms with Crippen LogP contribution in [0.5, 0.6) is 0 Å². The third kappa shape index (κ3) is 6.91. The number of hydrogen-bond acceptors (Lipinski definition) is 2. The molecular weight excluding hydrogens is 351 g/mol. The molecule has 4 atom stereocenters. The third-order valence-corrected chi connectivity index (χ3v) is 8.10.